The van der Waals surface area contributed by atoms with Crippen LogP contribution in [0.25, 0.3) is 0 Å². The first-order valence-corrected chi connectivity index (χ1v) is 11.8. The Morgan fingerprint density at radius 1 is 1.07 bits per heavy atom. The number of nitrogens with one attached hydrogen (secondary N) is 2. The third-order valence-corrected chi connectivity index (χ3v) is 7.31. The molecule has 154 valence electrons. The van der Waals surface area contributed by atoms with E-state index in [0.29, 0.717) is 17.5 Å². The zero-order valence-corrected chi connectivity index (χ0v) is 18.6. The van der Waals surface area contributed by atoms with Gasteiger partial charge in [-0.2, -0.15) is 0 Å². The molecule has 6 nitrogen and oxygen atoms in total. The van der Waals surface area contributed by atoms with Gasteiger partial charge in [0.25, 0.3) is 5.91 Å². The van der Waals surface area contributed by atoms with Crippen LogP contribution in [0.2, 0.25) is 0 Å². The van der Waals surface area contributed by atoms with Crippen LogP contribution in [0.1, 0.15) is 42.2 Å². The molecule has 0 radical (unpaired) electrons. The van der Waals surface area contributed by atoms with E-state index in [2.05, 4.69) is 26.6 Å². The maximum atomic E-state index is 13.0. The molecule has 1 aliphatic heterocycles. The van der Waals surface area contributed by atoms with Crippen molar-refractivity contribution in [1.82, 2.24) is 10.6 Å². The summed E-state index contributed by atoms with van der Waals surface area (Å²) in [5.74, 6) is -0.827. The van der Waals surface area contributed by atoms with E-state index in [1.807, 2.05) is 13.8 Å². The Hall–Kier alpha value is -2.19. The molecule has 0 saturated carbocycles. The Bertz CT molecular complexity index is 1020. The zero-order chi connectivity index (χ0) is 21.2. The second-order valence-electron chi connectivity index (χ2n) is 7.41. The van der Waals surface area contributed by atoms with E-state index in [9.17, 15) is 18.0 Å². The highest BCUT2D eigenvalue weighted by Crippen LogP contribution is 2.32. The molecule has 29 heavy (non-hydrogen) atoms. The van der Waals surface area contributed by atoms with Crippen molar-refractivity contribution < 1.29 is 18.0 Å². The highest BCUT2D eigenvalue weighted by Gasteiger charge is 2.33. The van der Waals surface area contributed by atoms with Crippen LogP contribution in [-0.4, -0.2) is 32.0 Å². The first-order chi connectivity index (χ1) is 13.7. The van der Waals surface area contributed by atoms with Gasteiger partial charge in [0.2, 0.25) is 5.91 Å². The lowest BCUT2D eigenvalue weighted by atomic mass is 9.99. The average Bonchev–Trinajstić information content (AvgIpc) is 2.68. The van der Waals surface area contributed by atoms with E-state index in [0.717, 1.165) is 4.47 Å². The van der Waals surface area contributed by atoms with Gasteiger partial charge in [0.05, 0.1) is 16.7 Å². The predicted octanol–water partition coefficient (Wildman–Crippen LogP) is 3.24. The lowest BCUT2D eigenvalue weighted by Crippen LogP contribution is -2.51. The van der Waals surface area contributed by atoms with E-state index >= 15 is 0 Å². The van der Waals surface area contributed by atoms with Crippen LogP contribution in [0.3, 0.4) is 0 Å². The molecule has 3 rings (SSSR count). The van der Waals surface area contributed by atoms with E-state index in [1.54, 1.807) is 48.5 Å². The van der Waals surface area contributed by atoms with E-state index in [1.165, 1.54) is 0 Å². The Morgan fingerprint density at radius 3 is 2.38 bits per heavy atom. The maximum Gasteiger partial charge on any atom is 0.251 e. The minimum Gasteiger partial charge on any atom is -0.347 e. The highest BCUT2D eigenvalue weighted by atomic mass is 79.9. The average molecular weight is 479 g/mol. The molecule has 0 spiro atoms. The molecular weight excluding hydrogens is 456 g/mol. The summed E-state index contributed by atoms with van der Waals surface area (Å²) in [5, 5.41) is 5.73. The number of amides is 2. The topological polar surface area (TPSA) is 92.3 Å². The Morgan fingerprint density at radius 2 is 1.72 bits per heavy atom. The van der Waals surface area contributed by atoms with Gasteiger partial charge in [0.15, 0.2) is 9.84 Å². The first kappa shape index (κ1) is 21.5. The third kappa shape index (κ3) is 4.87. The Balaban J connectivity index is 1.77. The highest BCUT2D eigenvalue weighted by molar-refractivity contribution is 9.10. The van der Waals surface area contributed by atoms with Crippen LogP contribution in [-0.2, 0) is 14.6 Å². The van der Waals surface area contributed by atoms with Crippen molar-refractivity contribution in [1.29, 1.82) is 0 Å². The molecule has 0 fully saturated rings. The van der Waals surface area contributed by atoms with Gasteiger partial charge in [0, 0.05) is 10.0 Å². The number of carbonyl (C=O) groups is 2. The van der Waals surface area contributed by atoms with Crippen molar-refractivity contribution in [2.24, 2.45) is 5.92 Å². The molecule has 0 unspecified atom stereocenters. The van der Waals surface area contributed by atoms with Crippen molar-refractivity contribution in [2.45, 2.75) is 37.2 Å². The van der Waals surface area contributed by atoms with Gasteiger partial charge in [-0.3, -0.25) is 9.59 Å². The Labute approximate surface area is 179 Å². The summed E-state index contributed by atoms with van der Waals surface area (Å²) in [6.07, 6.45) is 0.302. The number of carbonyl (C=O) groups excluding carboxylic acids is 2. The predicted molar refractivity (Wildman–Crippen MR) is 114 cm³/mol. The van der Waals surface area contributed by atoms with E-state index in [-0.39, 0.29) is 28.4 Å². The quantitative estimate of drug-likeness (QED) is 0.689. The molecule has 2 atom stereocenters. The molecule has 0 aromatic heterocycles. The molecule has 2 aromatic rings. The molecule has 1 heterocycles. The third-order valence-electron chi connectivity index (χ3n) is 4.96. The number of hydrogen-bond acceptors (Lipinski definition) is 4. The van der Waals surface area contributed by atoms with Gasteiger partial charge in [-0.25, -0.2) is 8.42 Å². The van der Waals surface area contributed by atoms with E-state index < -0.39 is 21.9 Å². The number of hydrogen-bond donors (Lipinski definition) is 2. The SMILES string of the molecule is CC(C)[C@H](NC(=O)c1ccc(Br)cc1)C(=O)N[C@H]1CCS(=O)(=O)c2ccccc21. The number of fused-ring (bicyclic) bond motifs is 1. The minimum absolute atomic E-state index is 0.0213. The van der Waals surface area contributed by atoms with Gasteiger partial charge in [0.1, 0.15) is 6.04 Å². The van der Waals surface area contributed by atoms with Crippen LogP contribution in [0.4, 0.5) is 0 Å². The molecule has 2 amide bonds. The second-order valence-corrected chi connectivity index (χ2v) is 10.4. The van der Waals surface area contributed by atoms with Crippen LogP contribution < -0.4 is 10.6 Å². The summed E-state index contributed by atoms with van der Waals surface area (Å²) in [4.78, 5) is 25.8. The van der Waals surface area contributed by atoms with Crippen molar-refractivity contribution in [3.05, 3.63) is 64.1 Å². The molecular formula is C21H23BrN2O4S. The van der Waals surface area contributed by atoms with Crippen LogP contribution in [0.5, 0.6) is 0 Å². The van der Waals surface area contributed by atoms with Gasteiger partial charge < -0.3 is 10.6 Å². The molecule has 1 aliphatic rings. The summed E-state index contributed by atoms with van der Waals surface area (Å²) in [6.45, 7) is 3.71. The number of rotatable bonds is 5. The molecule has 2 N–H and O–H groups in total. The molecule has 8 heteroatoms. The lowest BCUT2D eigenvalue weighted by molar-refractivity contribution is -0.124. The maximum absolute atomic E-state index is 13.0. The van der Waals surface area contributed by atoms with Gasteiger partial charge >= 0.3 is 0 Å². The summed E-state index contributed by atoms with van der Waals surface area (Å²) in [6, 6.07) is 12.5. The fourth-order valence-corrected chi connectivity index (χ4v) is 5.25. The van der Waals surface area contributed by atoms with Crippen LogP contribution in [0.15, 0.2) is 57.9 Å². The number of benzene rings is 2. The molecule has 2 aromatic carbocycles. The normalized spacial score (nSPS) is 18.6. The second kappa shape index (κ2) is 8.67. The smallest absolute Gasteiger partial charge is 0.251 e. The van der Waals surface area contributed by atoms with Crippen molar-refractivity contribution >= 4 is 37.6 Å². The van der Waals surface area contributed by atoms with Gasteiger partial charge in [-0.15, -0.1) is 0 Å². The largest absolute Gasteiger partial charge is 0.347 e. The minimum atomic E-state index is -3.33. The summed E-state index contributed by atoms with van der Waals surface area (Å²) >= 11 is 3.33. The van der Waals surface area contributed by atoms with Crippen molar-refractivity contribution in [3.63, 3.8) is 0 Å². The van der Waals surface area contributed by atoms with Crippen molar-refractivity contribution in [3.8, 4) is 0 Å². The van der Waals surface area contributed by atoms with Gasteiger partial charge in [-0.1, -0.05) is 48.0 Å². The van der Waals surface area contributed by atoms with Crippen molar-refractivity contribution in [2.75, 3.05) is 5.75 Å². The Kier molecular flexibility index (Phi) is 6.43. The number of sulfone groups is 1. The fraction of sp³-hybridized carbons (Fsp3) is 0.333. The monoisotopic (exact) mass is 478 g/mol. The van der Waals surface area contributed by atoms with Crippen LogP contribution in [0, 0.1) is 5.92 Å². The molecule has 0 bridgehead atoms. The molecule has 0 saturated heterocycles. The summed E-state index contributed by atoms with van der Waals surface area (Å²) < 4.78 is 25.5. The zero-order valence-electron chi connectivity index (χ0n) is 16.2. The fourth-order valence-electron chi connectivity index (χ4n) is 3.36. The van der Waals surface area contributed by atoms with Crippen LogP contribution >= 0.6 is 15.9 Å². The number of halogens is 1. The summed E-state index contributed by atoms with van der Waals surface area (Å²) in [7, 11) is -3.33. The standard InChI is InChI=1S/C21H23BrN2O4S/c1-13(2)19(24-20(25)14-7-9-15(22)10-8-14)21(26)23-17-11-12-29(27,28)18-6-4-3-5-16(17)18/h3-10,13,17,19H,11-12H2,1-2H3,(H,23,26)(H,24,25)/t17-,19-/m0/s1. The van der Waals surface area contributed by atoms with E-state index in [4.69, 9.17) is 0 Å². The summed E-state index contributed by atoms with van der Waals surface area (Å²) in [5.41, 5.74) is 1.05. The lowest BCUT2D eigenvalue weighted by Gasteiger charge is -2.29. The molecule has 0 aliphatic carbocycles. The van der Waals surface area contributed by atoms with Gasteiger partial charge in [-0.05, 0) is 48.2 Å². The first-order valence-electron chi connectivity index (χ1n) is 9.37.